The van der Waals surface area contributed by atoms with Gasteiger partial charge in [0.15, 0.2) is 0 Å². The van der Waals surface area contributed by atoms with Gasteiger partial charge in [0.1, 0.15) is 0 Å². The predicted molar refractivity (Wildman–Crippen MR) is 88.6 cm³/mol. The van der Waals surface area contributed by atoms with E-state index >= 15 is 0 Å². The van der Waals surface area contributed by atoms with Gasteiger partial charge in [-0.05, 0) is 25.5 Å². The molecule has 0 bridgehead atoms. The second kappa shape index (κ2) is 6.91. The Morgan fingerprint density at radius 2 is 2.30 bits per heavy atom. The minimum absolute atomic E-state index is 0.249. The van der Waals surface area contributed by atoms with Gasteiger partial charge >= 0.3 is 0 Å². The van der Waals surface area contributed by atoms with Gasteiger partial charge in [-0.2, -0.15) is 5.10 Å². The average Bonchev–Trinajstić information content (AvgIpc) is 3.12. The first-order valence-corrected chi connectivity index (χ1v) is 8.07. The van der Waals surface area contributed by atoms with Gasteiger partial charge in [-0.15, -0.1) is 0 Å². The zero-order valence-corrected chi connectivity index (χ0v) is 13.7. The van der Waals surface area contributed by atoms with Crippen LogP contribution in [0.1, 0.15) is 25.3 Å². The first-order chi connectivity index (χ1) is 11.1. The SMILES string of the molecule is C[C@H](CN1CCCC1=O)NCc1cn(C)nc1-c1cccnc1. The fourth-order valence-corrected chi connectivity index (χ4v) is 2.99. The normalized spacial score (nSPS) is 16.1. The third-order valence-electron chi connectivity index (χ3n) is 4.15. The molecule has 0 unspecified atom stereocenters. The molecule has 6 heteroatoms. The van der Waals surface area contributed by atoms with Gasteiger partial charge in [0.05, 0.1) is 5.69 Å². The van der Waals surface area contributed by atoms with Crippen LogP contribution >= 0.6 is 0 Å². The lowest BCUT2D eigenvalue weighted by Gasteiger charge is -2.21. The van der Waals surface area contributed by atoms with Gasteiger partial charge in [0.25, 0.3) is 0 Å². The minimum atomic E-state index is 0.249. The van der Waals surface area contributed by atoms with Gasteiger partial charge in [-0.25, -0.2) is 0 Å². The van der Waals surface area contributed by atoms with Crippen molar-refractivity contribution >= 4 is 5.91 Å². The summed E-state index contributed by atoms with van der Waals surface area (Å²) >= 11 is 0. The van der Waals surface area contributed by atoms with E-state index in [9.17, 15) is 4.79 Å². The van der Waals surface area contributed by atoms with Crippen molar-refractivity contribution in [2.75, 3.05) is 13.1 Å². The molecule has 1 saturated heterocycles. The third kappa shape index (κ3) is 3.76. The Morgan fingerprint density at radius 1 is 1.43 bits per heavy atom. The van der Waals surface area contributed by atoms with Crippen LogP contribution in [-0.2, 0) is 18.4 Å². The number of aromatic nitrogens is 3. The maximum Gasteiger partial charge on any atom is 0.222 e. The Kier molecular flexibility index (Phi) is 4.71. The number of hydrogen-bond acceptors (Lipinski definition) is 4. The molecule has 0 aromatic carbocycles. The third-order valence-corrected chi connectivity index (χ3v) is 4.15. The van der Waals surface area contributed by atoms with Crippen LogP contribution in [-0.4, -0.2) is 44.7 Å². The van der Waals surface area contributed by atoms with Crippen LogP contribution in [0.15, 0.2) is 30.7 Å². The Labute approximate surface area is 136 Å². The smallest absolute Gasteiger partial charge is 0.222 e. The molecule has 3 heterocycles. The molecule has 2 aromatic heterocycles. The molecule has 1 aliphatic rings. The van der Waals surface area contributed by atoms with E-state index in [1.165, 1.54) is 0 Å². The summed E-state index contributed by atoms with van der Waals surface area (Å²) in [5, 5.41) is 8.05. The Bertz CT molecular complexity index is 667. The summed E-state index contributed by atoms with van der Waals surface area (Å²) in [5.41, 5.74) is 3.12. The summed E-state index contributed by atoms with van der Waals surface area (Å²) in [6.07, 6.45) is 7.31. The van der Waals surface area contributed by atoms with E-state index in [1.54, 1.807) is 6.20 Å². The van der Waals surface area contributed by atoms with Crippen molar-refractivity contribution in [1.29, 1.82) is 0 Å². The molecule has 1 fully saturated rings. The lowest BCUT2D eigenvalue weighted by molar-refractivity contribution is -0.127. The van der Waals surface area contributed by atoms with Crippen LogP contribution in [0.4, 0.5) is 0 Å². The molecule has 2 aromatic rings. The van der Waals surface area contributed by atoms with Crippen LogP contribution in [0, 0.1) is 0 Å². The second-order valence-electron chi connectivity index (χ2n) is 6.14. The highest BCUT2D eigenvalue weighted by Gasteiger charge is 2.21. The average molecular weight is 313 g/mol. The van der Waals surface area contributed by atoms with Crippen molar-refractivity contribution in [1.82, 2.24) is 25.0 Å². The van der Waals surface area contributed by atoms with E-state index in [4.69, 9.17) is 0 Å². The highest BCUT2D eigenvalue weighted by atomic mass is 16.2. The molecule has 0 radical (unpaired) electrons. The van der Waals surface area contributed by atoms with E-state index in [2.05, 4.69) is 22.3 Å². The number of carbonyl (C=O) groups excluding carboxylic acids is 1. The molecule has 1 N–H and O–H groups in total. The molecule has 1 amide bonds. The van der Waals surface area contributed by atoms with Gasteiger partial charge in [0.2, 0.25) is 5.91 Å². The van der Waals surface area contributed by atoms with Crippen molar-refractivity contribution in [3.05, 3.63) is 36.3 Å². The molecule has 23 heavy (non-hydrogen) atoms. The highest BCUT2D eigenvalue weighted by molar-refractivity contribution is 5.78. The Morgan fingerprint density at radius 3 is 3.00 bits per heavy atom. The number of amides is 1. The quantitative estimate of drug-likeness (QED) is 0.879. The molecule has 0 saturated carbocycles. The van der Waals surface area contributed by atoms with Crippen molar-refractivity contribution in [2.24, 2.45) is 7.05 Å². The van der Waals surface area contributed by atoms with Gasteiger partial charge in [-0.3, -0.25) is 14.5 Å². The molecule has 0 aliphatic carbocycles. The Balaban J connectivity index is 1.63. The van der Waals surface area contributed by atoms with E-state index in [0.29, 0.717) is 6.42 Å². The summed E-state index contributed by atoms with van der Waals surface area (Å²) in [6.45, 7) is 4.49. The standard InChI is InChI=1S/C17H23N5O/c1-13(11-22-8-4-6-16(22)23)19-10-15-12-21(2)20-17(15)14-5-3-7-18-9-14/h3,5,7,9,12-13,19H,4,6,8,10-11H2,1-2H3/t13-/m1/s1. The summed E-state index contributed by atoms with van der Waals surface area (Å²) in [7, 11) is 1.93. The maximum atomic E-state index is 11.7. The number of rotatable bonds is 6. The van der Waals surface area contributed by atoms with Gasteiger partial charge in [-0.1, -0.05) is 0 Å². The predicted octanol–water partition coefficient (Wildman–Crippen LogP) is 1.58. The van der Waals surface area contributed by atoms with E-state index in [-0.39, 0.29) is 11.9 Å². The van der Waals surface area contributed by atoms with Crippen LogP contribution in [0.5, 0.6) is 0 Å². The van der Waals surface area contributed by atoms with Crippen molar-refractivity contribution < 1.29 is 4.79 Å². The van der Waals surface area contributed by atoms with E-state index < -0.39 is 0 Å². The monoisotopic (exact) mass is 313 g/mol. The molecule has 1 atom stereocenters. The highest BCUT2D eigenvalue weighted by Crippen LogP contribution is 2.20. The maximum absolute atomic E-state index is 11.7. The summed E-state index contributed by atoms with van der Waals surface area (Å²) in [5.74, 6) is 0.274. The number of likely N-dealkylation sites (tertiary alicyclic amines) is 1. The minimum Gasteiger partial charge on any atom is -0.341 e. The fraction of sp³-hybridized carbons (Fsp3) is 0.471. The Hall–Kier alpha value is -2.21. The number of pyridine rings is 1. The largest absolute Gasteiger partial charge is 0.341 e. The number of hydrogen-bond donors (Lipinski definition) is 1. The molecular weight excluding hydrogens is 290 g/mol. The number of nitrogens with zero attached hydrogens (tertiary/aromatic N) is 4. The number of aryl methyl sites for hydroxylation is 1. The summed E-state index contributed by atoms with van der Waals surface area (Å²) < 4.78 is 1.83. The molecule has 1 aliphatic heterocycles. The second-order valence-corrected chi connectivity index (χ2v) is 6.14. The zero-order valence-electron chi connectivity index (χ0n) is 13.7. The van der Waals surface area contributed by atoms with E-state index in [1.807, 2.05) is 41.2 Å². The molecular formula is C17H23N5O. The van der Waals surface area contributed by atoms with Crippen LogP contribution < -0.4 is 5.32 Å². The van der Waals surface area contributed by atoms with E-state index in [0.717, 1.165) is 42.9 Å². The number of nitrogens with one attached hydrogen (secondary N) is 1. The van der Waals surface area contributed by atoms with Crippen LogP contribution in [0.25, 0.3) is 11.3 Å². The molecule has 3 rings (SSSR count). The fourth-order valence-electron chi connectivity index (χ4n) is 2.99. The molecule has 122 valence electrons. The number of carbonyl (C=O) groups is 1. The lowest BCUT2D eigenvalue weighted by atomic mass is 10.1. The first-order valence-electron chi connectivity index (χ1n) is 8.07. The topological polar surface area (TPSA) is 63.1 Å². The van der Waals surface area contributed by atoms with Crippen molar-refractivity contribution in [3.8, 4) is 11.3 Å². The summed E-state index contributed by atoms with van der Waals surface area (Å²) in [4.78, 5) is 17.8. The first kappa shape index (κ1) is 15.7. The van der Waals surface area contributed by atoms with Crippen molar-refractivity contribution in [3.63, 3.8) is 0 Å². The van der Waals surface area contributed by atoms with Crippen molar-refractivity contribution in [2.45, 2.75) is 32.4 Å². The van der Waals surface area contributed by atoms with Crippen LogP contribution in [0.3, 0.4) is 0 Å². The lowest BCUT2D eigenvalue weighted by Crippen LogP contribution is -2.39. The zero-order chi connectivity index (χ0) is 16.2. The molecule has 6 nitrogen and oxygen atoms in total. The molecule has 0 spiro atoms. The summed E-state index contributed by atoms with van der Waals surface area (Å²) in [6, 6.07) is 4.19. The van der Waals surface area contributed by atoms with Gasteiger partial charge < -0.3 is 10.2 Å². The van der Waals surface area contributed by atoms with Gasteiger partial charge in [0, 0.05) is 68.9 Å². The van der Waals surface area contributed by atoms with Crippen LogP contribution in [0.2, 0.25) is 0 Å².